The van der Waals surface area contributed by atoms with E-state index >= 15 is 0 Å². The molecule has 0 aliphatic carbocycles. The molecular formula is C29H23F6N3O2. The van der Waals surface area contributed by atoms with Crippen LogP contribution in [0.4, 0.5) is 26.3 Å². The molecule has 0 radical (unpaired) electrons. The van der Waals surface area contributed by atoms with Gasteiger partial charge in [0, 0.05) is 35.3 Å². The molecule has 40 heavy (non-hydrogen) atoms. The number of oxime groups is 1. The molecule has 0 unspecified atom stereocenters. The van der Waals surface area contributed by atoms with Gasteiger partial charge in [-0.25, -0.2) is 18.2 Å². The summed E-state index contributed by atoms with van der Waals surface area (Å²) in [6, 6.07) is 11.4. The Morgan fingerprint density at radius 2 is 1.48 bits per heavy atom. The summed E-state index contributed by atoms with van der Waals surface area (Å²) in [6.45, 7) is 5.06. The fourth-order valence-electron chi connectivity index (χ4n) is 4.18. The number of nitrogens with zero attached hydrogens (tertiary/aromatic N) is 3. The van der Waals surface area contributed by atoms with E-state index in [1.54, 1.807) is 32.9 Å². The first-order chi connectivity index (χ1) is 18.7. The monoisotopic (exact) mass is 559 g/mol. The van der Waals surface area contributed by atoms with Crippen molar-refractivity contribution in [3.63, 3.8) is 0 Å². The second-order valence-corrected chi connectivity index (χ2v) is 9.73. The quantitative estimate of drug-likeness (QED) is 0.0936. The van der Waals surface area contributed by atoms with E-state index in [4.69, 9.17) is 0 Å². The Kier molecular flexibility index (Phi) is 7.60. The Labute approximate surface area is 224 Å². The number of aromatic nitrogens is 1. The van der Waals surface area contributed by atoms with Gasteiger partial charge in [0.1, 0.15) is 5.82 Å². The van der Waals surface area contributed by atoms with E-state index in [0.717, 1.165) is 18.2 Å². The molecule has 0 saturated carbocycles. The van der Waals surface area contributed by atoms with Crippen molar-refractivity contribution in [2.24, 2.45) is 10.1 Å². The largest absolute Gasteiger partial charge is 0.416 e. The molecule has 0 atom stereocenters. The van der Waals surface area contributed by atoms with Gasteiger partial charge < -0.3 is 9.77 Å². The average molecular weight is 560 g/mol. The third-order valence-electron chi connectivity index (χ3n) is 6.84. The molecule has 0 bridgehead atoms. The summed E-state index contributed by atoms with van der Waals surface area (Å²) in [7, 11) is 0. The highest BCUT2D eigenvalue weighted by molar-refractivity contribution is 6.09. The number of benzene rings is 3. The van der Waals surface area contributed by atoms with Gasteiger partial charge in [0.05, 0.1) is 16.6 Å². The summed E-state index contributed by atoms with van der Waals surface area (Å²) in [5, 5.41) is 12.7. The van der Waals surface area contributed by atoms with Crippen LogP contribution in [0.25, 0.3) is 10.9 Å². The summed E-state index contributed by atoms with van der Waals surface area (Å²) in [5.41, 5.74) is -1.32. The lowest BCUT2D eigenvalue weighted by Gasteiger charge is -2.25. The van der Waals surface area contributed by atoms with Crippen molar-refractivity contribution in [3.8, 4) is 0 Å². The molecule has 0 saturated heterocycles. The number of aliphatic imine (C=N–C) groups is 1. The average Bonchev–Trinajstić information content (AvgIpc) is 2.90. The van der Waals surface area contributed by atoms with Gasteiger partial charge in [-0.2, -0.15) is 13.2 Å². The first-order valence-electron chi connectivity index (χ1n) is 11.9. The molecule has 3 aromatic carbocycles. The van der Waals surface area contributed by atoms with Crippen molar-refractivity contribution in [1.82, 2.24) is 4.57 Å². The van der Waals surface area contributed by atoms with Crippen LogP contribution in [-0.2, 0) is 18.1 Å². The number of halogens is 6. The van der Waals surface area contributed by atoms with Gasteiger partial charge in [0.25, 0.3) is 0 Å². The van der Waals surface area contributed by atoms with E-state index < -0.39 is 45.9 Å². The summed E-state index contributed by atoms with van der Waals surface area (Å²) in [5.74, 6) is -3.38. The number of fused-ring (bicyclic) bond motifs is 1. The van der Waals surface area contributed by atoms with Gasteiger partial charge in [-0.1, -0.05) is 43.3 Å². The van der Waals surface area contributed by atoms with Crippen LogP contribution in [0.1, 0.15) is 43.0 Å². The Balaban J connectivity index is 1.84. The van der Waals surface area contributed by atoms with Gasteiger partial charge in [-0.3, -0.25) is 4.79 Å². The zero-order valence-corrected chi connectivity index (χ0v) is 21.5. The van der Waals surface area contributed by atoms with Gasteiger partial charge >= 0.3 is 6.18 Å². The van der Waals surface area contributed by atoms with E-state index in [-0.39, 0.29) is 23.0 Å². The third-order valence-corrected chi connectivity index (χ3v) is 6.84. The lowest BCUT2D eigenvalue weighted by atomic mass is 9.80. The third kappa shape index (κ3) is 5.63. The van der Waals surface area contributed by atoms with Crippen molar-refractivity contribution in [3.05, 3.63) is 117 Å². The van der Waals surface area contributed by atoms with Crippen molar-refractivity contribution >= 4 is 22.5 Å². The van der Waals surface area contributed by atoms with E-state index in [9.17, 15) is 36.3 Å². The van der Waals surface area contributed by atoms with Crippen molar-refractivity contribution in [2.75, 3.05) is 0 Å². The van der Waals surface area contributed by atoms with Gasteiger partial charge in [0.15, 0.2) is 11.6 Å². The first-order valence-corrected chi connectivity index (χ1v) is 11.9. The minimum absolute atomic E-state index is 0.0304. The topological polar surface area (TPSA) is 67.0 Å². The second kappa shape index (κ2) is 10.6. The predicted octanol–water partition coefficient (Wildman–Crippen LogP) is 7.06. The van der Waals surface area contributed by atoms with Gasteiger partial charge in [0.2, 0.25) is 11.3 Å². The summed E-state index contributed by atoms with van der Waals surface area (Å²) in [6.07, 6.45) is -3.32. The molecule has 4 aromatic rings. The molecule has 1 N–H and O–H groups in total. The van der Waals surface area contributed by atoms with E-state index in [2.05, 4.69) is 10.1 Å². The molecule has 0 amide bonds. The highest BCUT2D eigenvalue weighted by Crippen LogP contribution is 2.30. The number of hydrogen-bond acceptors (Lipinski definition) is 3. The molecule has 1 heterocycles. The SMILES string of the molecule is CC(=N/C(=N\O)c1cn(Cc2ccc(C(F)(F)F)cc2)c2cc(F)c(F)cc2c1=O)C(C)(C)c1ccc(F)cc1. The zero-order valence-electron chi connectivity index (χ0n) is 21.5. The van der Waals surface area contributed by atoms with E-state index in [0.29, 0.717) is 22.9 Å². The highest BCUT2D eigenvalue weighted by atomic mass is 19.4. The Morgan fingerprint density at radius 1 is 0.900 bits per heavy atom. The van der Waals surface area contributed by atoms with Crippen LogP contribution in [0.5, 0.6) is 0 Å². The molecule has 1 aromatic heterocycles. The summed E-state index contributed by atoms with van der Waals surface area (Å²) >= 11 is 0. The first kappa shape index (κ1) is 28.6. The van der Waals surface area contributed by atoms with Crippen LogP contribution in [-0.4, -0.2) is 21.3 Å². The molecule has 4 rings (SSSR count). The van der Waals surface area contributed by atoms with Crippen LogP contribution in [0.2, 0.25) is 0 Å². The van der Waals surface area contributed by atoms with Crippen LogP contribution < -0.4 is 5.43 Å². The van der Waals surface area contributed by atoms with Gasteiger partial charge in [-0.05, 0) is 48.4 Å². The number of hydrogen-bond donors (Lipinski definition) is 1. The van der Waals surface area contributed by atoms with Crippen LogP contribution in [0, 0.1) is 17.5 Å². The van der Waals surface area contributed by atoms with E-state index in [1.807, 2.05) is 0 Å². The van der Waals surface area contributed by atoms with Gasteiger partial charge in [-0.15, -0.1) is 0 Å². The maximum Gasteiger partial charge on any atom is 0.416 e. The summed E-state index contributed by atoms with van der Waals surface area (Å²) < 4.78 is 82.1. The maximum atomic E-state index is 14.2. The normalized spacial score (nSPS) is 13.2. The lowest BCUT2D eigenvalue weighted by Crippen LogP contribution is -2.29. The Bertz CT molecular complexity index is 1690. The summed E-state index contributed by atoms with van der Waals surface area (Å²) in [4.78, 5) is 17.7. The Hall–Kier alpha value is -4.41. The lowest BCUT2D eigenvalue weighted by molar-refractivity contribution is -0.137. The fourth-order valence-corrected chi connectivity index (χ4v) is 4.18. The number of pyridine rings is 1. The fraction of sp³-hybridized carbons (Fsp3) is 0.207. The van der Waals surface area contributed by atoms with Crippen LogP contribution in [0.15, 0.2) is 81.8 Å². The number of rotatable bonds is 5. The molecule has 11 heteroatoms. The number of alkyl halides is 3. The van der Waals surface area contributed by atoms with E-state index in [1.165, 1.54) is 35.0 Å². The van der Waals surface area contributed by atoms with Crippen molar-refractivity contribution in [2.45, 2.75) is 38.9 Å². The van der Waals surface area contributed by atoms with Crippen molar-refractivity contribution in [1.29, 1.82) is 0 Å². The number of amidine groups is 1. The molecule has 0 aliphatic heterocycles. The molecule has 208 valence electrons. The molecule has 0 spiro atoms. The zero-order chi connectivity index (χ0) is 29.4. The van der Waals surface area contributed by atoms with Crippen molar-refractivity contribution < 1.29 is 31.5 Å². The molecule has 0 fully saturated rings. The minimum atomic E-state index is -4.54. The second-order valence-electron chi connectivity index (χ2n) is 9.73. The standard InChI is InChI=1S/C29H23F6N3O2/c1-16(28(2,3)18-8-10-20(30)11-9-18)36-27(37-40)22-15-38(14-17-4-6-19(7-5-17)29(33,34)35)25-13-24(32)23(31)12-21(25)26(22)39/h4-13,15,40H,14H2,1-3H3/b36-16?,37-27-. The molecular weight excluding hydrogens is 536 g/mol. The maximum absolute atomic E-state index is 14.2. The smallest absolute Gasteiger partial charge is 0.409 e. The predicted molar refractivity (Wildman–Crippen MR) is 140 cm³/mol. The molecule has 0 aliphatic rings. The highest BCUT2D eigenvalue weighted by Gasteiger charge is 2.30. The van der Waals surface area contributed by atoms with Crippen LogP contribution in [0.3, 0.4) is 0 Å². The van der Waals surface area contributed by atoms with Crippen LogP contribution >= 0.6 is 0 Å². The minimum Gasteiger partial charge on any atom is -0.409 e. The molecule has 5 nitrogen and oxygen atoms in total. The Morgan fingerprint density at radius 3 is 2.05 bits per heavy atom.